The van der Waals surface area contributed by atoms with Gasteiger partial charge in [0, 0.05) is 5.56 Å². The van der Waals surface area contributed by atoms with Gasteiger partial charge in [-0.3, -0.25) is 0 Å². The zero-order valence-corrected chi connectivity index (χ0v) is 13.2. The molecule has 112 valence electrons. The molecule has 1 aromatic carbocycles. The molecule has 0 spiro atoms. The van der Waals surface area contributed by atoms with Crippen molar-refractivity contribution in [2.45, 2.75) is 12.8 Å². The quantitative estimate of drug-likeness (QED) is 0.830. The fourth-order valence-corrected chi connectivity index (χ4v) is 4.95. The van der Waals surface area contributed by atoms with Crippen LogP contribution >= 0.6 is 15.9 Å². The van der Waals surface area contributed by atoms with Gasteiger partial charge in [0.2, 0.25) is 0 Å². The van der Waals surface area contributed by atoms with Crippen LogP contribution in [0.4, 0.5) is 8.78 Å². The van der Waals surface area contributed by atoms with Gasteiger partial charge in [-0.25, -0.2) is 17.2 Å². The summed E-state index contributed by atoms with van der Waals surface area (Å²) in [6.07, 6.45) is 0.634. The van der Waals surface area contributed by atoms with Gasteiger partial charge in [-0.2, -0.15) is 0 Å². The Morgan fingerprint density at radius 2 is 2.10 bits per heavy atom. The monoisotopic (exact) mass is 367 g/mol. The average molecular weight is 368 g/mol. The van der Waals surface area contributed by atoms with E-state index in [1.165, 1.54) is 12.1 Å². The van der Waals surface area contributed by atoms with Gasteiger partial charge in [-0.15, -0.1) is 0 Å². The van der Waals surface area contributed by atoms with Crippen LogP contribution in [0.15, 0.2) is 16.6 Å². The van der Waals surface area contributed by atoms with Crippen molar-refractivity contribution in [3.63, 3.8) is 0 Å². The lowest BCUT2D eigenvalue weighted by Gasteiger charge is -2.21. The number of nitrogens with two attached hydrogens (primary N) is 1. The highest BCUT2D eigenvalue weighted by atomic mass is 79.9. The maximum absolute atomic E-state index is 14.0. The van der Waals surface area contributed by atoms with E-state index in [0.29, 0.717) is 6.42 Å². The van der Waals surface area contributed by atoms with Crippen LogP contribution in [0.5, 0.6) is 0 Å². The van der Waals surface area contributed by atoms with E-state index < -0.39 is 21.5 Å². The summed E-state index contributed by atoms with van der Waals surface area (Å²) in [5, 5.41) is 0. The fraction of sp³-hybridized carbons (Fsp3) is 0.538. The first-order chi connectivity index (χ1) is 9.34. The summed E-state index contributed by atoms with van der Waals surface area (Å²) in [4.78, 5) is 0. The molecule has 2 rings (SSSR count). The van der Waals surface area contributed by atoms with Crippen molar-refractivity contribution in [2.24, 2.45) is 17.6 Å². The molecule has 2 N–H and O–H groups in total. The van der Waals surface area contributed by atoms with E-state index in [1.54, 1.807) is 0 Å². The SMILES string of the molecule is NCC(Cc1c(F)ccc(Br)c1F)C1CCS(=O)(=O)C1. The second kappa shape index (κ2) is 6.07. The third kappa shape index (κ3) is 3.38. The van der Waals surface area contributed by atoms with Crippen LogP contribution in [-0.2, 0) is 16.3 Å². The van der Waals surface area contributed by atoms with E-state index in [-0.39, 0.29) is 46.3 Å². The number of hydrogen-bond acceptors (Lipinski definition) is 3. The van der Waals surface area contributed by atoms with Crippen molar-refractivity contribution in [2.75, 3.05) is 18.1 Å². The molecular weight excluding hydrogens is 352 g/mol. The third-order valence-corrected chi connectivity index (χ3v) is 6.25. The van der Waals surface area contributed by atoms with Gasteiger partial charge < -0.3 is 5.73 Å². The van der Waals surface area contributed by atoms with Crippen LogP contribution in [0.3, 0.4) is 0 Å². The van der Waals surface area contributed by atoms with Crippen molar-refractivity contribution in [1.29, 1.82) is 0 Å². The number of benzene rings is 1. The highest BCUT2D eigenvalue weighted by Crippen LogP contribution is 2.31. The minimum Gasteiger partial charge on any atom is -0.330 e. The fourth-order valence-electron chi connectivity index (χ4n) is 2.66. The van der Waals surface area contributed by atoms with Crippen LogP contribution in [0, 0.1) is 23.5 Å². The lowest BCUT2D eigenvalue weighted by Crippen LogP contribution is -2.27. The molecule has 7 heteroatoms. The van der Waals surface area contributed by atoms with Crippen molar-refractivity contribution >= 4 is 25.8 Å². The second-order valence-corrected chi connectivity index (χ2v) is 8.27. The molecule has 1 fully saturated rings. The molecule has 2 atom stereocenters. The molecule has 1 heterocycles. The molecule has 0 aromatic heterocycles. The lowest BCUT2D eigenvalue weighted by molar-refractivity contribution is 0.360. The van der Waals surface area contributed by atoms with Crippen molar-refractivity contribution in [3.05, 3.63) is 33.8 Å². The van der Waals surface area contributed by atoms with Gasteiger partial charge in [0.15, 0.2) is 9.84 Å². The van der Waals surface area contributed by atoms with E-state index in [9.17, 15) is 17.2 Å². The highest BCUT2D eigenvalue weighted by molar-refractivity contribution is 9.10. The van der Waals surface area contributed by atoms with Crippen LogP contribution in [0.25, 0.3) is 0 Å². The van der Waals surface area contributed by atoms with Crippen LogP contribution in [0.1, 0.15) is 12.0 Å². The molecule has 0 aliphatic carbocycles. The van der Waals surface area contributed by atoms with Crippen LogP contribution in [0.2, 0.25) is 0 Å². The Morgan fingerprint density at radius 1 is 1.40 bits per heavy atom. The number of hydrogen-bond donors (Lipinski definition) is 1. The van der Waals surface area contributed by atoms with Gasteiger partial charge >= 0.3 is 0 Å². The Labute approximate surface area is 125 Å². The van der Waals surface area contributed by atoms with Crippen molar-refractivity contribution in [1.82, 2.24) is 0 Å². The molecule has 0 amide bonds. The van der Waals surface area contributed by atoms with Crippen molar-refractivity contribution < 1.29 is 17.2 Å². The lowest BCUT2D eigenvalue weighted by atomic mass is 9.86. The van der Waals surface area contributed by atoms with Gasteiger partial charge in [0.1, 0.15) is 11.6 Å². The molecule has 0 radical (unpaired) electrons. The first kappa shape index (κ1) is 15.9. The molecule has 20 heavy (non-hydrogen) atoms. The molecule has 2 unspecified atom stereocenters. The zero-order valence-electron chi connectivity index (χ0n) is 10.8. The molecule has 0 bridgehead atoms. The maximum Gasteiger partial charge on any atom is 0.150 e. The zero-order chi connectivity index (χ0) is 14.9. The van der Waals surface area contributed by atoms with Gasteiger partial charge in [-0.1, -0.05) is 0 Å². The Hall–Kier alpha value is -0.530. The van der Waals surface area contributed by atoms with E-state index in [0.717, 1.165) is 0 Å². The molecular formula is C13H16BrF2NO2S. The van der Waals surface area contributed by atoms with E-state index >= 15 is 0 Å². The number of rotatable bonds is 4. The molecule has 1 aliphatic heterocycles. The van der Waals surface area contributed by atoms with Gasteiger partial charge in [0.05, 0.1) is 16.0 Å². The molecule has 1 aromatic rings. The van der Waals surface area contributed by atoms with E-state index in [4.69, 9.17) is 5.73 Å². The van der Waals surface area contributed by atoms with Crippen molar-refractivity contribution in [3.8, 4) is 0 Å². The van der Waals surface area contributed by atoms with E-state index in [2.05, 4.69) is 15.9 Å². The summed E-state index contributed by atoms with van der Waals surface area (Å²) in [5.74, 6) is -1.41. The Balaban J connectivity index is 2.21. The summed E-state index contributed by atoms with van der Waals surface area (Å²) in [7, 11) is -3.02. The van der Waals surface area contributed by atoms with Gasteiger partial charge in [0.25, 0.3) is 0 Å². The molecule has 3 nitrogen and oxygen atoms in total. The predicted molar refractivity (Wildman–Crippen MR) is 77.1 cm³/mol. The summed E-state index contributed by atoms with van der Waals surface area (Å²) in [5.41, 5.74) is 5.65. The smallest absolute Gasteiger partial charge is 0.150 e. The number of halogens is 3. The third-order valence-electron chi connectivity index (χ3n) is 3.84. The highest BCUT2D eigenvalue weighted by Gasteiger charge is 2.34. The summed E-state index contributed by atoms with van der Waals surface area (Å²) < 4.78 is 50.9. The normalized spacial score (nSPS) is 22.9. The molecule has 0 saturated carbocycles. The largest absolute Gasteiger partial charge is 0.330 e. The Kier molecular flexibility index (Phi) is 4.81. The van der Waals surface area contributed by atoms with Gasteiger partial charge in [-0.05, 0) is 59.3 Å². The topological polar surface area (TPSA) is 60.2 Å². The average Bonchev–Trinajstić information content (AvgIpc) is 2.75. The Bertz CT molecular complexity index is 607. The van der Waals surface area contributed by atoms with Crippen LogP contribution in [-0.4, -0.2) is 26.5 Å². The second-order valence-electron chi connectivity index (χ2n) is 5.18. The van der Waals surface area contributed by atoms with Crippen LogP contribution < -0.4 is 5.73 Å². The summed E-state index contributed by atoms with van der Waals surface area (Å²) >= 11 is 3.02. The Morgan fingerprint density at radius 3 is 2.65 bits per heavy atom. The maximum atomic E-state index is 14.0. The molecule has 1 aliphatic rings. The first-order valence-electron chi connectivity index (χ1n) is 6.37. The van der Waals surface area contributed by atoms with E-state index in [1.807, 2.05) is 0 Å². The summed E-state index contributed by atoms with van der Waals surface area (Å²) in [6, 6.07) is 2.51. The number of sulfone groups is 1. The molecule has 1 saturated heterocycles. The summed E-state index contributed by atoms with van der Waals surface area (Å²) in [6.45, 7) is 0.214. The minimum absolute atomic E-state index is 0.0286. The minimum atomic E-state index is -3.02. The standard InChI is InChI=1S/C13H16BrF2NO2S/c14-11-1-2-12(15)10(13(11)16)5-9(6-17)8-3-4-20(18,19)7-8/h1-2,8-9H,3-7,17H2. The predicted octanol–water partition coefficient (Wildman–Crippen LogP) is 2.28. The first-order valence-corrected chi connectivity index (χ1v) is 8.98.